The van der Waals surface area contributed by atoms with Crippen LogP contribution in [0.1, 0.15) is 5.56 Å². The van der Waals surface area contributed by atoms with Crippen LogP contribution in [-0.2, 0) is 6.54 Å². The molecule has 0 aliphatic rings. The summed E-state index contributed by atoms with van der Waals surface area (Å²) in [5.74, 6) is 0.627. The Hall–Kier alpha value is -1.75. The third-order valence-corrected chi connectivity index (χ3v) is 3.13. The molecule has 0 aliphatic heterocycles. The van der Waals surface area contributed by atoms with Crippen LogP contribution in [0.3, 0.4) is 0 Å². The summed E-state index contributed by atoms with van der Waals surface area (Å²) >= 11 is 2.11. The molecular weight excluding hydrogens is 343 g/mol. The molecule has 0 aliphatic carbocycles. The van der Waals surface area contributed by atoms with Crippen LogP contribution in [0, 0.1) is 14.9 Å². The Morgan fingerprint density at radius 1 is 1.50 bits per heavy atom. The second-order valence-electron chi connectivity index (χ2n) is 3.61. The van der Waals surface area contributed by atoms with Gasteiger partial charge in [-0.3, -0.25) is 4.68 Å². The van der Waals surface area contributed by atoms with E-state index in [1.165, 1.54) is 0 Å². The summed E-state index contributed by atoms with van der Waals surface area (Å²) in [6.07, 6.45) is 3.59. The maximum absolute atomic E-state index is 8.82. The summed E-state index contributed by atoms with van der Waals surface area (Å²) in [5, 5.41) is 12.9. The molecule has 2 N–H and O–H groups in total. The number of nitriles is 1. The van der Waals surface area contributed by atoms with Crippen LogP contribution in [0.15, 0.2) is 30.6 Å². The number of rotatable bonds is 4. The molecule has 0 saturated carbocycles. The van der Waals surface area contributed by atoms with E-state index >= 15 is 0 Å². The van der Waals surface area contributed by atoms with E-state index < -0.39 is 0 Å². The number of aromatic nitrogens is 2. The molecule has 0 amide bonds. The Morgan fingerprint density at radius 3 is 2.94 bits per heavy atom. The molecule has 0 fully saturated rings. The zero-order valence-corrected chi connectivity index (χ0v) is 11.7. The van der Waals surface area contributed by atoms with Gasteiger partial charge in [0.25, 0.3) is 0 Å². The van der Waals surface area contributed by atoms with Gasteiger partial charge in [0, 0.05) is 12.4 Å². The third-order valence-electron chi connectivity index (χ3n) is 2.33. The maximum Gasteiger partial charge on any atom is 0.155 e. The number of ether oxygens (including phenoxy) is 1. The molecule has 0 atom stereocenters. The van der Waals surface area contributed by atoms with Gasteiger partial charge < -0.3 is 10.5 Å². The fourth-order valence-corrected chi connectivity index (χ4v) is 2.31. The van der Waals surface area contributed by atoms with Gasteiger partial charge >= 0.3 is 0 Å². The number of hydrogen-bond acceptors (Lipinski definition) is 4. The second-order valence-corrected chi connectivity index (χ2v) is 4.77. The summed E-state index contributed by atoms with van der Waals surface area (Å²) in [6, 6.07) is 7.29. The van der Waals surface area contributed by atoms with E-state index in [1.54, 1.807) is 23.0 Å². The van der Waals surface area contributed by atoms with Gasteiger partial charge in [-0.1, -0.05) is 0 Å². The van der Waals surface area contributed by atoms with Crippen LogP contribution in [-0.4, -0.2) is 16.4 Å². The van der Waals surface area contributed by atoms with E-state index in [0.29, 0.717) is 30.2 Å². The highest BCUT2D eigenvalue weighted by atomic mass is 127. The monoisotopic (exact) mass is 354 g/mol. The minimum atomic E-state index is 0.480. The minimum Gasteiger partial charge on any atom is -0.488 e. The van der Waals surface area contributed by atoms with Crippen LogP contribution in [0.5, 0.6) is 5.75 Å². The Morgan fingerprint density at radius 2 is 2.33 bits per heavy atom. The highest BCUT2D eigenvalue weighted by Gasteiger charge is 2.08. The van der Waals surface area contributed by atoms with Gasteiger partial charge in [-0.25, -0.2) is 0 Å². The first kappa shape index (κ1) is 12.7. The number of anilines is 1. The van der Waals surface area contributed by atoms with Crippen molar-refractivity contribution in [1.82, 2.24) is 9.78 Å². The predicted octanol–water partition coefficient (Wildman–Crippen LogP) is 2.02. The van der Waals surface area contributed by atoms with Gasteiger partial charge in [-0.05, 0) is 40.8 Å². The van der Waals surface area contributed by atoms with Crippen molar-refractivity contribution in [3.8, 4) is 11.8 Å². The van der Waals surface area contributed by atoms with Gasteiger partial charge in [0.15, 0.2) is 5.75 Å². The average molecular weight is 354 g/mol. The van der Waals surface area contributed by atoms with Crippen molar-refractivity contribution in [2.24, 2.45) is 0 Å². The van der Waals surface area contributed by atoms with Gasteiger partial charge in [-0.15, -0.1) is 0 Å². The van der Waals surface area contributed by atoms with Crippen LogP contribution in [0.25, 0.3) is 0 Å². The molecule has 92 valence electrons. The summed E-state index contributed by atoms with van der Waals surface area (Å²) in [4.78, 5) is 0. The lowest BCUT2D eigenvalue weighted by Crippen LogP contribution is -2.10. The zero-order chi connectivity index (χ0) is 13.0. The van der Waals surface area contributed by atoms with Crippen molar-refractivity contribution in [2.45, 2.75) is 6.54 Å². The molecule has 1 aromatic carbocycles. The fraction of sp³-hybridized carbons (Fsp3) is 0.167. The molecule has 1 heterocycles. The maximum atomic E-state index is 8.82. The van der Waals surface area contributed by atoms with Gasteiger partial charge in [0.2, 0.25) is 0 Å². The standard InChI is InChI=1S/C12H11IN4O/c13-10-6-9(8-14)7-11(15)12(10)18-5-4-17-3-1-2-16-17/h1-3,6-7H,4-5,15H2. The molecule has 0 spiro atoms. The topological polar surface area (TPSA) is 76.9 Å². The molecule has 5 nitrogen and oxygen atoms in total. The Balaban J connectivity index is 2.03. The molecular formula is C12H11IN4O. The first-order chi connectivity index (χ1) is 8.70. The smallest absolute Gasteiger partial charge is 0.155 e. The molecule has 0 saturated heterocycles. The summed E-state index contributed by atoms with van der Waals surface area (Å²) in [6.45, 7) is 1.14. The van der Waals surface area contributed by atoms with Crippen molar-refractivity contribution >= 4 is 28.3 Å². The van der Waals surface area contributed by atoms with E-state index in [1.807, 2.05) is 12.3 Å². The third kappa shape index (κ3) is 2.92. The lowest BCUT2D eigenvalue weighted by molar-refractivity contribution is 0.291. The quantitative estimate of drug-likeness (QED) is 0.673. The van der Waals surface area contributed by atoms with Crippen molar-refractivity contribution in [3.05, 3.63) is 39.7 Å². The Kier molecular flexibility index (Phi) is 4.04. The van der Waals surface area contributed by atoms with E-state index in [4.69, 9.17) is 15.7 Å². The lowest BCUT2D eigenvalue weighted by Gasteiger charge is -2.11. The molecule has 0 bridgehead atoms. The normalized spacial score (nSPS) is 10.0. The molecule has 1 aromatic heterocycles. The SMILES string of the molecule is N#Cc1cc(N)c(OCCn2cccn2)c(I)c1. The van der Waals surface area contributed by atoms with Crippen LogP contribution in [0.4, 0.5) is 5.69 Å². The first-order valence-corrected chi connectivity index (χ1v) is 6.38. The molecule has 0 unspecified atom stereocenters. The van der Waals surface area contributed by atoms with Crippen LogP contribution in [0.2, 0.25) is 0 Å². The summed E-state index contributed by atoms with van der Waals surface area (Å²) < 4.78 is 8.26. The molecule has 18 heavy (non-hydrogen) atoms. The van der Waals surface area contributed by atoms with Gasteiger partial charge in [0.05, 0.1) is 27.4 Å². The largest absolute Gasteiger partial charge is 0.488 e. The van der Waals surface area contributed by atoms with Crippen molar-refractivity contribution in [3.63, 3.8) is 0 Å². The first-order valence-electron chi connectivity index (χ1n) is 5.30. The van der Waals surface area contributed by atoms with Crippen LogP contribution >= 0.6 is 22.6 Å². The number of nitrogens with two attached hydrogens (primary N) is 1. The van der Waals surface area contributed by atoms with E-state index in [-0.39, 0.29) is 0 Å². The fourth-order valence-electron chi connectivity index (χ4n) is 1.51. The van der Waals surface area contributed by atoms with E-state index in [2.05, 4.69) is 33.8 Å². The van der Waals surface area contributed by atoms with E-state index in [9.17, 15) is 0 Å². The molecule has 6 heteroatoms. The number of nitrogen functional groups attached to an aromatic ring is 1. The number of nitrogens with zero attached hydrogens (tertiary/aromatic N) is 3. The lowest BCUT2D eigenvalue weighted by atomic mass is 10.2. The second kappa shape index (κ2) is 5.73. The Bertz CT molecular complexity index is 551. The Labute approximate surface area is 118 Å². The number of benzene rings is 1. The van der Waals surface area contributed by atoms with Gasteiger partial charge in [-0.2, -0.15) is 10.4 Å². The molecule has 2 aromatic rings. The average Bonchev–Trinajstić information content (AvgIpc) is 2.85. The molecule has 0 radical (unpaired) electrons. The van der Waals surface area contributed by atoms with Crippen molar-refractivity contribution < 1.29 is 4.74 Å². The molecule has 2 rings (SSSR count). The minimum absolute atomic E-state index is 0.480. The van der Waals surface area contributed by atoms with Crippen molar-refractivity contribution in [2.75, 3.05) is 12.3 Å². The zero-order valence-electron chi connectivity index (χ0n) is 9.51. The highest BCUT2D eigenvalue weighted by molar-refractivity contribution is 14.1. The highest BCUT2D eigenvalue weighted by Crippen LogP contribution is 2.29. The number of hydrogen-bond donors (Lipinski definition) is 1. The number of halogens is 1. The summed E-state index contributed by atoms with van der Waals surface area (Å²) in [5.41, 5.74) is 6.88. The summed E-state index contributed by atoms with van der Waals surface area (Å²) in [7, 11) is 0. The van der Waals surface area contributed by atoms with E-state index in [0.717, 1.165) is 3.57 Å². The van der Waals surface area contributed by atoms with Crippen LogP contribution < -0.4 is 10.5 Å². The predicted molar refractivity (Wildman–Crippen MR) is 76.0 cm³/mol. The van der Waals surface area contributed by atoms with Gasteiger partial charge in [0.1, 0.15) is 6.61 Å². The van der Waals surface area contributed by atoms with Crippen molar-refractivity contribution in [1.29, 1.82) is 5.26 Å².